The van der Waals surface area contributed by atoms with Gasteiger partial charge in [-0.1, -0.05) is 64.5 Å². The first-order valence-corrected chi connectivity index (χ1v) is 12.7. The molecule has 0 amide bonds. The lowest BCUT2D eigenvalue weighted by Gasteiger charge is -2.42. The van der Waals surface area contributed by atoms with E-state index in [9.17, 15) is 10.1 Å². The molecule has 36 heavy (non-hydrogen) atoms. The average molecular weight is 539 g/mol. The van der Waals surface area contributed by atoms with Crippen LogP contribution in [0.5, 0.6) is 0 Å². The molecule has 0 radical (unpaired) electrons. The molecule has 7 heteroatoms. The summed E-state index contributed by atoms with van der Waals surface area (Å²) < 4.78 is 6.59. The SMILES string of the molecule is CCOC(=O)[C@]1(C#N)[C@@H](c2cccc(Br)c2)CN(C)[C@@]12c1ccccc1-c1nc3ccccc3nc12. The maximum Gasteiger partial charge on any atom is 0.329 e. The van der Waals surface area contributed by atoms with Crippen molar-refractivity contribution in [1.82, 2.24) is 14.9 Å². The lowest BCUT2D eigenvalue weighted by Crippen LogP contribution is -2.55. The zero-order valence-corrected chi connectivity index (χ0v) is 21.5. The molecule has 0 unspecified atom stereocenters. The molecule has 178 valence electrons. The number of nitriles is 1. The zero-order valence-electron chi connectivity index (χ0n) is 19.9. The lowest BCUT2D eigenvalue weighted by molar-refractivity contribution is -0.156. The number of esters is 1. The lowest BCUT2D eigenvalue weighted by atomic mass is 9.61. The molecule has 4 aromatic rings. The summed E-state index contributed by atoms with van der Waals surface area (Å²) in [6.07, 6.45) is 0. The van der Waals surface area contributed by atoms with E-state index in [1.165, 1.54) is 0 Å². The number of likely N-dealkylation sites (N-methyl/N-ethyl adjacent to an activating group) is 1. The Kier molecular flexibility index (Phi) is 5.22. The van der Waals surface area contributed by atoms with Gasteiger partial charge in [-0.15, -0.1) is 0 Å². The Morgan fingerprint density at radius 2 is 1.83 bits per heavy atom. The highest BCUT2D eigenvalue weighted by Gasteiger charge is 2.74. The summed E-state index contributed by atoms with van der Waals surface area (Å²) in [4.78, 5) is 26.4. The fourth-order valence-corrected chi connectivity index (χ4v) is 6.69. The summed E-state index contributed by atoms with van der Waals surface area (Å²) in [5, 5.41) is 11.1. The molecule has 1 saturated heterocycles. The first-order valence-electron chi connectivity index (χ1n) is 11.9. The number of para-hydroxylation sites is 2. The number of fused-ring (bicyclic) bond motifs is 6. The van der Waals surface area contributed by atoms with Crippen molar-refractivity contribution in [2.24, 2.45) is 5.41 Å². The maximum atomic E-state index is 14.1. The van der Waals surface area contributed by atoms with Crippen LogP contribution in [0.15, 0.2) is 77.3 Å². The largest absolute Gasteiger partial charge is 0.465 e. The van der Waals surface area contributed by atoms with Crippen LogP contribution in [-0.4, -0.2) is 41.0 Å². The Morgan fingerprint density at radius 3 is 2.56 bits per heavy atom. The predicted molar refractivity (Wildman–Crippen MR) is 140 cm³/mol. The molecule has 6 nitrogen and oxygen atoms in total. The first kappa shape index (κ1) is 22.8. The van der Waals surface area contributed by atoms with Crippen LogP contribution in [0.2, 0.25) is 0 Å². The number of benzene rings is 3. The van der Waals surface area contributed by atoms with Crippen LogP contribution in [0.1, 0.15) is 29.7 Å². The van der Waals surface area contributed by atoms with Crippen LogP contribution < -0.4 is 0 Å². The van der Waals surface area contributed by atoms with Crippen LogP contribution >= 0.6 is 15.9 Å². The number of carbonyl (C=O) groups excluding carboxylic acids is 1. The highest BCUT2D eigenvalue weighted by atomic mass is 79.9. The molecule has 2 aliphatic rings. The molecule has 6 rings (SSSR count). The van der Waals surface area contributed by atoms with Gasteiger partial charge in [0.05, 0.1) is 35.1 Å². The zero-order chi connectivity index (χ0) is 25.1. The number of aromatic nitrogens is 2. The molecule has 2 heterocycles. The van der Waals surface area contributed by atoms with E-state index in [0.717, 1.165) is 32.2 Å². The Balaban J connectivity index is 1.76. The van der Waals surface area contributed by atoms with Crippen LogP contribution in [0, 0.1) is 16.7 Å². The van der Waals surface area contributed by atoms with E-state index < -0.39 is 22.8 Å². The van der Waals surface area contributed by atoms with Crippen LogP contribution in [0.4, 0.5) is 0 Å². The Hall–Kier alpha value is -3.60. The summed E-state index contributed by atoms with van der Waals surface area (Å²) in [6, 6.07) is 25.9. The second kappa shape index (κ2) is 8.22. The Morgan fingerprint density at radius 1 is 1.11 bits per heavy atom. The van der Waals surface area contributed by atoms with E-state index in [2.05, 4.69) is 26.9 Å². The second-order valence-corrected chi connectivity index (χ2v) is 10.2. The molecule has 3 aromatic carbocycles. The Bertz CT molecular complexity index is 1580. The van der Waals surface area contributed by atoms with Gasteiger partial charge in [-0.25, -0.2) is 9.97 Å². The third-order valence-corrected chi connectivity index (χ3v) is 8.13. The minimum Gasteiger partial charge on any atom is -0.465 e. The molecule has 1 aliphatic carbocycles. The summed E-state index contributed by atoms with van der Waals surface area (Å²) >= 11 is 3.57. The van der Waals surface area contributed by atoms with E-state index >= 15 is 0 Å². The molecule has 1 spiro atoms. The van der Waals surface area contributed by atoms with E-state index in [-0.39, 0.29) is 6.61 Å². The van der Waals surface area contributed by atoms with Crippen molar-refractivity contribution in [1.29, 1.82) is 5.26 Å². The second-order valence-electron chi connectivity index (χ2n) is 9.29. The predicted octanol–water partition coefficient (Wildman–Crippen LogP) is 5.42. The number of hydrogen-bond donors (Lipinski definition) is 0. The standard InChI is InChI=1S/C29H23BrN4O2/c1-3-36-27(35)28(17-31)22(18-9-8-10-19(30)15-18)16-34(2)29(28)21-12-5-4-11-20(21)25-26(29)33-24-14-7-6-13-23(24)32-25/h4-15,22H,3,16H2,1-2H3/t22-,28+,29-/m1/s1. The number of carbonyl (C=O) groups is 1. The summed E-state index contributed by atoms with van der Waals surface area (Å²) in [5.41, 5.74) is 2.67. The van der Waals surface area contributed by atoms with Crippen molar-refractivity contribution in [3.8, 4) is 17.3 Å². The number of rotatable bonds is 3. The monoisotopic (exact) mass is 538 g/mol. The molecule has 3 atom stereocenters. The van der Waals surface area contributed by atoms with Gasteiger partial charge in [0.1, 0.15) is 5.54 Å². The van der Waals surface area contributed by atoms with Gasteiger partial charge in [0.25, 0.3) is 0 Å². The molecule has 1 fully saturated rings. The molecular formula is C29H23BrN4O2. The van der Waals surface area contributed by atoms with E-state index in [0.29, 0.717) is 17.9 Å². The van der Waals surface area contributed by atoms with Crippen molar-refractivity contribution in [3.05, 3.63) is 94.1 Å². The minimum atomic E-state index is -1.60. The highest BCUT2D eigenvalue weighted by Crippen LogP contribution is 2.66. The van der Waals surface area contributed by atoms with Gasteiger partial charge in [-0.05, 0) is 49.4 Å². The number of nitrogens with zero attached hydrogens (tertiary/aromatic N) is 4. The van der Waals surface area contributed by atoms with E-state index in [1.54, 1.807) is 6.92 Å². The van der Waals surface area contributed by atoms with Gasteiger partial charge in [0.15, 0.2) is 5.41 Å². The van der Waals surface area contributed by atoms with Crippen LogP contribution in [0.25, 0.3) is 22.3 Å². The van der Waals surface area contributed by atoms with Gasteiger partial charge >= 0.3 is 5.97 Å². The summed E-state index contributed by atoms with van der Waals surface area (Å²) in [7, 11) is 1.96. The molecule has 1 aromatic heterocycles. The summed E-state index contributed by atoms with van der Waals surface area (Å²) in [5.74, 6) is -1.00. The normalized spacial score (nSPS) is 24.4. The van der Waals surface area contributed by atoms with Gasteiger partial charge in [-0.2, -0.15) is 5.26 Å². The minimum absolute atomic E-state index is 0.172. The fourth-order valence-electron chi connectivity index (χ4n) is 6.28. The first-order chi connectivity index (χ1) is 17.5. The topological polar surface area (TPSA) is 79.1 Å². The fraction of sp³-hybridized carbons (Fsp3) is 0.241. The van der Waals surface area contributed by atoms with Crippen molar-refractivity contribution < 1.29 is 9.53 Å². The van der Waals surface area contributed by atoms with Gasteiger partial charge in [-0.3, -0.25) is 9.69 Å². The van der Waals surface area contributed by atoms with Crippen LogP contribution in [-0.2, 0) is 15.1 Å². The molecule has 0 saturated carbocycles. The van der Waals surface area contributed by atoms with E-state index in [4.69, 9.17) is 14.7 Å². The van der Waals surface area contributed by atoms with Gasteiger partial charge < -0.3 is 4.74 Å². The third-order valence-electron chi connectivity index (χ3n) is 7.63. The van der Waals surface area contributed by atoms with Crippen LogP contribution in [0.3, 0.4) is 0 Å². The number of hydrogen-bond acceptors (Lipinski definition) is 6. The van der Waals surface area contributed by atoms with Crippen molar-refractivity contribution in [3.63, 3.8) is 0 Å². The average Bonchev–Trinajstić information content (AvgIpc) is 3.34. The quantitative estimate of drug-likeness (QED) is 0.324. The molecule has 1 aliphatic heterocycles. The van der Waals surface area contributed by atoms with Crippen molar-refractivity contribution >= 4 is 32.9 Å². The van der Waals surface area contributed by atoms with Crippen molar-refractivity contribution in [2.45, 2.75) is 18.4 Å². The van der Waals surface area contributed by atoms with E-state index in [1.807, 2.05) is 79.8 Å². The number of likely N-dealkylation sites (tertiary alicyclic amines) is 1. The number of ether oxygens (including phenoxy) is 1. The highest BCUT2D eigenvalue weighted by molar-refractivity contribution is 9.10. The van der Waals surface area contributed by atoms with Crippen molar-refractivity contribution in [2.75, 3.05) is 20.2 Å². The Labute approximate surface area is 217 Å². The van der Waals surface area contributed by atoms with Gasteiger partial charge in [0, 0.05) is 22.5 Å². The molecular weight excluding hydrogens is 516 g/mol. The molecule has 0 bridgehead atoms. The molecule has 0 N–H and O–H groups in total. The smallest absolute Gasteiger partial charge is 0.329 e. The maximum absolute atomic E-state index is 14.1. The van der Waals surface area contributed by atoms with Gasteiger partial charge in [0.2, 0.25) is 0 Å². The summed E-state index contributed by atoms with van der Waals surface area (Å²) in [6.45, 7) is 2.41. The third kappa shape index (κ3) is 2.77. The number of halogens is 1.